The number of aromatic amines is 1. The molecule has 3 heterocycles. The molecule has 0 unspecified atom stereocenters. The SMILES string of the molecule is C[C@@H](NC(=O)c1nc(-c2ccc(NC(=O)c3cnco3)cn2)[nH]c(=O)c1O)C1CCCCC1. The van der Waals surface area contributed by atoms with Crippen LogP contribution >= 0.6 is 0 Å². The summed E-state index contributed by atoms with van der Waals surface area (Å²) < 4.78 is 4.93. The zero-order chi connectivity index (χ0) is 23.4. The first-order valence-electron chi connectivity index (χ1n) is 10.7. The Bertz CT molecular complexity index is 1180. The molecular weight excluding hydrogens is 428 g/mol. The van der Waals surface area contributed by atoms with Crippen molar-refractivity contribution in [3.63, 3.8) is 0 Å². The molecule has 1 fully saturated rings. The van der Waals surface area contributed by atoms with E-state index in [4.69, 9.17) is 4.42 Å². The molecule has 3 aromatic heterocycles. The van der Waals surface area contributed by atoms with Gasteiger partial charge in [0.05, 0.1) is 18.1 Å². The van der Waals surface area contributed by atoms with Crippen molar-refractivity contribution in [1.29, 1.82) is 0 Å². The van der Waals surface area contributed by atoms with Crippen molar-refractivity contribution in [2.24, 2.45) is 5.92 Å². The van der Waals surface area contributed by atoms with E-state index in [0.717, 1.165) is 32.1 Å². The maximum absolute atomic E-state index is 12.8. The molecule has 0 bridgehead atoms. The van der Waals surface area contributed by atoms with E-state index in [1.807, 2.05) is 6.92 Å². The highest BCUT2D eigenvalue weighted by Crippen LogP contribution is 2.26. The normalized spacial score (nSPS) is 15.1. The van der Waals surface area contributed by atoms with Crippen molar-refractivity contribution in [2.45, 2.75) is 45.1 Å². The van der Waals surface area contributed by atoms with Gasteiger partial charge in [-0.15, -0.1) is 0 Å². The van der Waals surface area contributed by atoms with Gasteiger partial charge in [-0.25, -0.2) is 9.97 Å². The van der Waals surface area contributed by atoms with Gasteiger partial charge in [-0.1, -0.05) is 19.3 Å². The molecule has 1 aliphatic rings. The Morgan fingerprint density at radius 3 is 2.64 bits per heavy atom. The lowest BCUT2D eigenvalue weighted by Gasteiger charge is -2.28. The summed E-state index contributed by atoms with van der Waals surface area (Å²) in [6.45, 7) is 1.92. The minimum atomic E-state index is -0.847. The summed E-state index contributed by atoms with van der Waals surface area (Å²) in [4.78, 5) is 51.5. The third-order valence-electron chi connectivity index (χ3n) is 5.75. The third-order valence-corrected chi connectivity index (χ3v) is 5.75. The zero-order valence-corrected chi connectivity index (χ0v) is 18.0. The van der Waals surface area contributed by atoms with E-state index >= 15 is 0 Å². The summed E-state index contributed by atoms with van der Waals surface area (Å²) in [6.07, 6.45) is 9.31. The second-order valence-electron chi connectivity index (χ2n) is 8.02. The van der Waals surface area contributed by atoms with Gasteiger partial charge in [0, 0.05) is 6.04 Å². The Balaban J connectivity index is 1.51. The van der Waals surface area contributed by atoms with Gasteiger partial charge >= 0.3 is 0 Å². The van der Waals surface area contributed by atoms with Gasteiger partial charge in [-0.3, -0.25) is 19.4 Å². The average Bonchev–Trinajstić information content (AvgIpc) is 3.37. The highest BCUT2D eigenvalue weighted by Gasteiger charge is 2.25. The minimum Gasteiger partial charge on any atom is -0.501 e. The number of amides is 2. The van der Waals surface area contributed by atoms with Crippen molar-refractivity contribution >= 4 is 17.5 Å². The standard InChI is InChI=1S/C22H24N6O5/c1-12(13-5-3-2-4-6-13)25-21(31)17-18(29)22(32)28-19(27-17)15-8-7-14(9-24-15)26-20(30)16-10-23-11-33-16/h7-13,29H,2-6H2,1H3,(H,25,31)(H,26,30)(H,27,28,32)/t12-/m1/s1. The zero-order valence-electron chi connectivity index (χ0n) is 18.0. The Labute approximate surface area is 188 Å². The second kappa shape index (κ2) is 9.63. The number of aromatic hydroxyl groups is 1. The number of oxazole rings is 1. The van der Waals surface area contributed by atoms with Crippen molar-refractivity contribution in [2.75, 3.05) is 5.32 Å². The van der Waals surface area contributed by atoms with Gasteiger partial charge in [-0.2, -0.15) is 0 Å². The first-order chi connectivity index (χ1) is 15.9. The number of nitrogens with zero attached hydrogens (tertiary/aromatic N) is 3. The highest BCUT2D eigenvalue weighted by atomic mass is 16.3. The van der Waals surface area contributed by atoms with Crippen molar-refractivity contribution < 1.29 is 19.1 Å². The summed E-state index contributed by atoms with van der Waals surface area (Å²) in [5.41, 5.74) is -0.583. The molecule has 1 saturated carbocycles. The molecule has 2 amide bonds. The van der Waals surface area contributed by atoms with Crippen LogP contribution in [-0.4, -0.2) is 42.9 Å². The topological polar surface area (TPSA) is 163 Å². The summed E-state index contributed by atoms with van der Waals surface area (Å²) in [6, 6.07) is 2.96. The van der Waals surface area contributed by atoms with Gasteiger partial charge in [-0.05, 0) is 37.8 Å². The summed E-state index contributed by atoms with van der Waals surface area (Å²) in [7, 11) is 0. The fourth-order valence-corrected chi connectivity index (χ4v) is 3.90. The van der Waals surface area contributed by atoms with E-state index in [0.29, 0.717) is 11.6 Å². The Morgan fingerprint density at radius 1 is 1.18 bits per heavy atom. The summed E-state index contributed by atoms with van der Waals surface area (Å²) in [5, 5.41) is 15.6. The van der Waals surface area contributed by atoms with Gasteiger partial charge in [0.15, 0.2) is 17.9 Å². The lowest BCUT2D eigenvalue weighted by atomic mass is 9.84. The Kier molecular flexibility index (Phi) is 6.48. The molecule has 0 radical (unpaired) electrons. The molecule has 33 heavy (non-hydrogen) atoms. The van der Waals surface area contributed by atoms with Crippen LogP contribution in [0.1, 0.15) is 60.1 Å². The fourth-order valence-electron chi connectivity index (χ4n) is 3.90. The maximum atomic E-state index is 12.8. The van der Waals surface area contributed by atoms with Crippen molar-refractivity contribution in [3.05, 3.63) is 52.7 Å². The van der Waals surface area contributed by atoms with Gasteiger partial charge in [0.25, 0.3) is 17.4 Å². The molecular formula is C22H24N6O5. The number of hydrogen-bond donors (Lipinski definition) is 4. The van der Waals surface area contributed by atoms with Crippen LogP contribution in [0.5, 0.6) is 5.75 Å². The first-order valence-corrected chi connectivity index (χ1v) is 10.7. The summed E-state index contributed by atoms with van der Waals surface area (Å²) in [5.74, 6) is -1.45. The number of rotatable bonds is 6. The highest BCUT2D eigenvalue weighted by molar-refractivity contribution is 6.02. The van der Waals surface area contributed by atoms with E-state index in [1.165, 1.54) is 24.9 Å². The van der Waals surface area contributed by atoms with Crippen LogP contribution in [0, 0.1) is 5.92 Å². The van der Waals surface area contributed by atoms with Crippen LogP contribution in [-0.2, 0) is 0 Å². The second-order valence-corrected chi connectivity index (χ2v) is 8.02. The van der Waals surface area contributed by atoms with Crippen LogP contribution in [0.4, 0.5) is 5.69 Å². The number of nitrogens with one attached hydrogen (secondary N) is 3. The number of hydrogen-bond acceptors (Lipinski definition) is 8. The lowest BCUT2D eigenvalue weighted by Crippen LogP contribution is -2.39. The van der Waals surface area contributed by atoms with Crippen molar-refractivity contribution in [1.82, 2.24) is 25.3 Å². The van der Waals surface area contributed by atoms with Gasteiger partial charge < -0.3 is 25.1 Å². The minimum absolute atomic E-state index is 0.0152. The number of H-pyrrole nitrogens is 1. The molecule has 1 atom stereocenters. The van der Waals surface area contributed by atoms with Crippen LogP contribution < -0.4 is 16.2 Å². The number of anilines is 1. The Hall–Kier alpha value is -4.02. The third kappa shape index (κ3) is 5.08. The quantitative estimate of drug-likeness (QED) is 0.443. The van der Waals surface area contributed by atoms with Gasteiger partial charge in [0.1, 0.15) is 5.69 Å². The molecule has 4 rings (SSSR count). The molecule has 11 nitrogen and oxygen atoms in total. The molecule has 0 spiro atoms. The van der Waals surface area contributed by atoms with Crippen LogP contribution in [0.2, 0.25) is 0 Å². The largest absolute Gasteiger partial charge is 0.501 e. The lowest BCUT2D eigenvalue weighted by molar-refractivity contribution is 0.0910. The molecule has 3 aromatic rings. The van der Waals surface area contributed by atoms with E-state index in [1.54, 1.807) is 6.07 Å². The molecule has 172 valence electrons. The molecule has 4 N–H and O–H groups in total. The van der Waals surface area contributed by atoms with Gasteiger partial charge in [0.2, 0.25) is 11.5 Å². The van der Waals surface area contributed by atoms with E-state index in [-0.39, 0.29) is 29.0 Å². The molecule has 0 aliphatic heterocycles. The summed E-state index contributed by atoms with van der Waals surface area (Å²) >= 11 is 0. The predicted octanol–water partition coefficient (Wildman–Crippen LogP) is 2.48. The van der Waals surface area contributed by atoms with E-state index in [2.05, 4.69) is 30.6 Å². The van der Waals surface area contributed by atoms with Crippen molar-refractivity contribution in [3.8, 4) is 17.3 Å². The number of pyridine rings is 1. The van der Waals surface area contributed by atoms with Crippen LogP contribution in [0.15, 0.2) is 40.1 Å². The predicted molar refractivity (Wildman–Crippen MR) is 118 cm³/mol. The fraction of sp³-hybridized carbons (Fsp3) is 0.364. The number of carbonyl (C=O) groups excluding carboxylic acids is 2. The maximum Gasteiger partial charge on any atom is 0.294 e. The van der Waals surface area contributed by atoms with Crippen LogP contribution in [0.25, 0.3) is 11.5 Å². The van der Waals surface area contributed by atoms with Crippen LogP contribution in [0.3, 0.4) is 0 Å². The first kappa shape index (κ1) is 22.2. The van der Waals surface area contributed by atoms with E-state index < -0.39 is 23.1 Å². The number of carbonyl (C=O) groups is 2. The Morgan fingerprint density at radius 2 is 1.97 bits per heavy atom. The molecule has 0 saturated heterocycles. The monoisotopic (exact) mass is 452 g/mol. The average molecular weight is 452 g/mol. The number of aromatic nitrogens is 4. The smallest absolute Gasteiger partial charge is 0.294 e. The molecule has 0 aromatic carbocycles. The molecule has 1 aliphatic carbocycles. The van der Waals surface area contributed by atoms with E-state index in [9.17, 15) is 19.5 Å². The molecule has 11 heteroatoms.